The van der Waals surface area contributed by atoms with Crippen LogP contribution in [-0.4, -0.2) is 17.5 Å². The molecular formula is C24H18Cl2N2O2S. The first kappa shape index (κ1) is 21.4. The molecule has 156 valence electrons. The quantitative estimate of drug-likeness (QED) is 0.337. The van der Waals surface area contributed by atoms with Crippen LogP contribution in [-0.2, 0) is 11.3 Å². The molecule has 4 rings (SSSR count). The van der Waals surface area contributed by atoms with Gasteiger partial charge in [-0.05, 0) is 23.8 Å². The Balaban J connectivity index is 1.30. The number of rotatable bonds is 7. The first-order valence-electron chi connectivity index (χ1n) is 9.53. The third-order valence-corrected chi connectivity index (χ3v) is 5.94. The average Bonchev–Trinajstić information content (AvgIpc) is 3.28. The summed E-state index contributed by atoms with van der Waals surface area (Å²) in [6, 6.07) is 23.0. The molecule has 0 bridgehead atoms. The second-order valence-electron chi connectivity index (χ2n) is 6.74. The number of thiazole rings is 1. The number of hydrogen-bond acceptors (Lipinski definition) is 4. The van der Waals surface area contributed by atoms with Gasteiger partial charge in [0.15, 0.2) is 6.61 Å². The van der Waals surface area contributed by atoms with Crippen LogP contribution in [0.2, 0.25) is 10.0 Å². The van der Waals surface area contributed by atoms with Crippen LogP contribution in [0.1, 0.15) is 5.56 Å². The summed E-state index contributed by atoms with van der Waals surface area (Å²) in [6.45, 7) is 0.283. The highest BCUT2D eigenvalue weighted by molar-refractivity contribution is 7.13. The van der Waals surface area contributed by atoms with E-state index in [-0.39, 0.29) is 12.5 Å². The van der Waals surface area contributed by atoms with E-state index in [1.807, 2.05) is 42.5 Å². The number of nitrogens with one attached hydrogen (secondary N) is 1. The Morgan fingerprint density at radius 2 is 1.74 bits per heavy atom. The molecule has 31 heavy (non-hydrogen) atoms. The molecule has 0 atom stereocenters. The molecule has 0 aliphatic rings. The Morgan fingerprint density at radius 1 is 0.968 bits per heavy atom. The minimum absolute atomic E-state index is 0.124. The lowest BCUT2D eigenvalue weighted by molar-refractivity contribution is -0.123. The highest BCUT2D eigenvalue weighted by atomic mass is 35.5. The van der Waals surface area contributed by atoms with Gasteiger partial charge in [0.25, 0.3) is 5.91 Å². The lowest BCUT2D eigenvalue weighted by Gasteiger charge is -2.09. The number of amides is 1. The molecule has 1 N–H and O–H groups in total. The van der Waals surface area contributed by atoms with Crippen molar-refractivity contribution < 1.29 is 9.53 Å². The van der Waals surface area contributed by atoms with Gasteiger partial charge in [-0.25, -0.2) is 4.98 Å². The predicted molar refractivity (Wildman–Crippen MR) is 127 cm³/mol. The van der Waals surface area contributed by atoms with Crippen molar-refractivity contribution in [2.45, 2.75) is 6.54 Å². The van der Waals surface area contributed by atoms with Crippen LogP contribution >= 0.6 is 34.5 Å². The number of carbonyl (C=O) groups excluding carboxylic acids is 1. The normalized spacial score (nSPS) is 10.6. The lowest BCUT2D eigenvalue weighted by Crippen LogP contribution is -2.28. The van der Waals surface area contributed by atoms with Gasteiger partial charge in [-0.2, -0.15) is 0 Å². The fourth-order valence-electron chi connectivity index (χ4n) is 2.90. The Bertz CT molecular complexity index is 1180. The van der Waals surface area contributed by atoms with Gasteiger partial charge in [0.1, 0.15) is 10.8 Å². The molecule has 0 spiro atoms. The Morgan fingerprint density at radius 3 is 2.48 bits per heavy atom. The molecule has 1 amide bonds. The van der Waals surface area contributed by atoms with Gasteiger partial charge in [-0.1, -0.05) is 77.8 Å². The van der Waals surface area contributed by atoms with E-state index >= 15 is 0 Å². The second-order valence-corrected chi connectivity index (χ2v) is 8.44. The fraction of sp³-hybridized carbons (Fsp3) is 0.0833. The minimum atomic E-state index is -0.234. The maximum Gasteiger partial charge on any atom is 0.258 e. The average molecular weight is 469 g/mol. The maximum atomic E-state index is 12.1. The van der Waals surface area contributed by atoms with Crippen molar-refractivity contribution in [3.8, 4) is 27.6 Å². The molecule has 0 saturated carbocycles. The zero-order valence-electron chi connectivity index (χ0n) is 16.3. The summed E-state index contributed by atoms with van der Waals surface area (Å²) in [6.07, 6.45) is 0. The molecule has 0 radical (unpaired) electrons. The molecular weight excluding hydrogens is 451 g/mol. The van der Waals surface area contributed by atoms with Crippen molar-refractivity contribution in [3.63, 3.8) is 0 Å². The Labute approximate surface area is 194 Å². The van der Waals surface area contributed by atoms with Crippen molar-refractivity contribution in [3.05, 3.63) is 93.8 Å². The van der Waals surface area contributed by atoms with E-state index in [2.05, 4.69) is 22.8 Å². The van der Waals surface area contributed by atoms with E-state index in [4.69, 9.17) is 32.9 Å². The second kappa shape index (κ2) is 9.96. The van der Waals surface area contributed by atoms with Gasteiger partial charge in [0.2, 0.25) is 0 Å². The smallest absolute Gasteiger partial charge is 0.258 e. The van der Waals surface area contributed by atoms with Gasteiger partial charge in [0, 0.05) is 28.1 Å². The van der Waals surface area contributed by atoms with Gasteiger partial charge < -0.3 is 10.1 Å². The zero-order chi connectivity index (χ0) is 21.6. The van der Waals surface area contributed by atoms with E-state index < -0.39 is 0 Å². The van der Waals surface area contributed by atoms with E-state index in [1.54, 1.807) is 29.5 Å². The maximum absolute atomic E-state index is 12.1. The summed E-state index contributed by atoms with van der Waals surface area (Å²) in [5.41, 5.74) is 4.11. The van der Waals surface area contributed by atoms with Crippen molar-refractivity contribution in [2.75, 3.05) is 6.61 Å². The number of hydrogen-bond donors (Lipinski definition) is 1. The zero-order valence-corrected chi connectivity index (χ0v) is 18.7. The van der Waals surface area contributed by atoms with Gasteiger partial charge in [0.05, 0.1) is 10.7 Å². The monoisotopic (exact) mass is 468 g/mol. The van der Waals surface area contributed by atoms with Crippen LogP contribution in [0.3, 0.4) is 0 Å². The van der Waals surface area contributed by atoms with Crippen molar-refractivity contribution in [1.29, 1.82) is 0 Å². The summed E-state index contributed by atoms with van der Waals surface area (Å²) >= 11 is 13.5. The fourth-order valence-corrected chi connectivity index (χ4v) is 4.20. The third kappa shape index (κ3) is 5.64. The molecule has 0 saturated heterocycles. The first-order chi connectivity index (χ1) is 15.1. The SMILES string of the molecule is O=C(COc1ccc(Cl)cc1Cl)NCc1ccc(-c2nc(-c3ccccc3)cs2)cc1. The number of halogens is 2. The Hall–Kier alpha value is -2.86. The number of aromatic nitrogens is 1. The van der Waals surface area contributed by atoms with Gasteiger partial charge >= 0.3 is 0 Å². The van der Waals surface area contributed by atoms with E-state index in [1.165, 1.54) is 0 Å². The largest absolute Gasteiger partial charge is 0.482 e. The summed E-state index contributed by atoms with van der Waals surface area (Å²) in [5, 5.41) is 6.74. The summed E-state index contributed by atoms with van der Waals surface area (Å²) in [7, 11) is 0. The highest BCUT2D eigenvalue weighted by Crippen LogP contribution is 2.29. The van der Waals surface area contributed by atoms with Gasteiger partial charge in [-0.3, -0.25) is 4.79 Å². The first-order valence-corrected chi connectivity index (χ1v) is 11.2. The van der Waals surface area contributed by atoms with Crippen LogP contribution < -0.4 is 10.1 Å². The standard InChI is InChI=1S/C24H18Cl2N2O2S/c25-19-10-11-22(20(26)12-19)30-14-23(29)27-13-16-6-8-18(9-7-16)24-28-21(15-31-24)17-4-2-1-3-5-17/h1-12,15H,13-14H2,(H,27,29). The Kier molecular flexibility index (Phi) is 6.87. The number of ether oxygens (including phenoxy) is 1. The highest BCUT2D eigenvalue weighted by Gasteiger charge is 2.08. The van der Waals surface area contributed by atoms with Crippen LogP contribution in [0.15, 0.2) is 78.2 Å². The topological polar surface area (TPSA) is 51.2 Å². The van der Waals surface area contributed by atoms with E-state index in [9.17, 15) is 4.79 Å². The van der Waals surface area contributed by atoms with Gasteiger partial charge in [-0.15, -0.1) is 11.3 Å². The number of benzene rings is 3. The lowest BCUT2D eigenvalue weighted by atomic mass is 10.1. The third-order valence-electron chi connectivity index (χ3n) is 4.52. The molecule has 0 aliphatic carbocycles. The van der Waals surface area contributed by atoms with Crippen molar-refractivity contribution >= 4 is 40.4 Å². The van der Waals surface area contributed by atoms with Crippen LogP contribution in [0.5, 0.6) is 5.75 Å². The molecule has 1 aromatic heterocycles. The molecule has 0 aliphatic heterocycles. The van der Waals surface area contributed by atoms with Crippen LogP contribution in [0.25, 0.3) is 21.8 Å². The number of carbonyl (C=O) groups is 1. The predicted octanol–water partition coefficient (Wildman–Crippen LogP) is 6.48. The molecule has 3 aromatic carbocycles. The minimum Gasteiger partial charge on any atom is -0.482 e. The molecule has 0 fully saturated rings. The molecule has 4 nitrogen and oxygen atoms in total. The number of nitrogens with zero attached hydrogens (tertiary/aromatic N) is 1. The van der Waals surface area contributed by atoms with E-state index in [0.717, 1.165) is 27.4 Å². The molecule has 4 aromatic rings. The van der Waals surface area contributed by atoms with Crippen molar-refractivity contribution in [1.82, 2.24) is 10.3 Å². The van der Waals surface area contributed by atoms with Crippen LogP contribution in [0.4, 0.5) is 0 Å². The van der Waals surface area contributed by atoms with Crippen molar-refractivity contribution in [2.24, 2.45) is 0 Å². The molecule has 1 heterocycles. The van der Waals surface area contributed by atoms with E-state index in [0.29, 0.717) is 22.3 Å². The van der Waals surface area contributed by atoms with Crippen LogP contribution in [0, 0.1) is 0 Å². The summed E-state index contributed by atoms with van der Waals surface area (Å²) < 4.78 is 5.45. The summed E-state index contributed by atoms with van der Waals surface area (Å²) in [4.78, 5) is 16.8. The molecule has 7 heteroatoms. The molecule has 0 unspecified atom stereocenters. The summed E-state index contributed by atoms with van der Waals surface area (Å²) in [5.74, 6) is 0.186.